The summed E-state index contributed by atoms with van der Waals surface area (Å²) in [5.41, 5.74) is 2.62. The molecule has 27 heavy (non-hydrogen) atoms. The van der Waals surface area contributed by atoms with Crippen LogP contribution in [0, 0.1) is 0 Å². The predicted octanol–water partition coefficient (Wildman–Crippen LogP) is 2.85. The molecule has 7 heteroatoms. The Balaban J connectivity index is 1.63. The van der Waals surface area contributed by atoms with Crippen molar-refractivity contribution in [3.63, 3.8) is 0 Å². The SMILES string of the molecule is CNS(=O)(=O)c1ccc(C=CC(=O)Nc2cccc(N3CCCC3)c2)cc1. The lowest BCUT2D eigenvalue weighted by molar-refractivity contribution is -0.111. The molecular formula is C20H23N3O3S. The van der Waals surface area contributed by atoms with Crippen LogP contribution >= 0.6 is 0 Å². The number of hydrogen-bond acceptors (Lipinski definition) is 4. The molecule has 0 bridgehead atoms. The highest BCUT2D eigenvalue weighted by molar-refractivity contribution is 7.89. The largest absolute Gasteiger partial charge is 0.371 e. The Labute approximate surface area is 159 Å². The number of benzene rings is 2. The van der Waals surface area contributed by atoms with E-state index in [0.717, 1.165) is 30.0 Å². The van der Waals surface area contributed by atoms with Gasteiger partial charge in [-0.3, -0.25) is 4.79 Å². The van der Waals surface area contributed by atoms with E-state index < -0.39 is 10.0 Å². The molecule has 3 rings (SSSR count). The lowest BCUT2D eigenvalue weighted by Crippen LogP contribution is -2.18. The first-order chi connectivity index (χ1) is 13.0. The standard InChI is InChI=1S/C20H23N3O3S/c1-21-27(25,26)19-10-7-16(8-11-19)9-12-20(24)22-17-5-4-6-18(15-17)23-13-2-3-14-23/h4-12,15,21H,2-3,13-14H2,1H3,(H,22,24). The van der Waals surface area contributed by atoms with E-state index in [4.69, 9.17) is 0 Å². The summed E-state index contributed by atoms with van der Waals surface area (Å²) in [5.74, 6) is -0.236. The maximum absolute atomic E-state index is 12.2. The number of anilines is 2. The summed E-state index contributed by atoms with van der Waals surface area (Å²) >= 11 is 0. The molecule has 0 aromatic heterocycles. The molecule has 0 atom stereocenters. The first kappa shape index (κ1) is 19.1. The van der Waals surface area contributed by atoms with Crippen LogP contribution in [0.4, 0.5) is 11.4 Å². The van der Waals surface area contributed by atoms with Gasteiger partial charge in [-0.1, -0.05) is 18.2 Å². The van der Waals surface area contributed by atoms with Crippen molar-refractivity contribution in [2.45, 2.75) is 17.7 Å². The monoisotopic (exact) mass is 385 g/mol. The first-order valence-corrected chi connectivity index (χ1v) is 10.3. The van der Waals surface area contributed by atoms with E-state index in [-0.39, 0.29) is 10.8 Å². The third-order valence-corrected chi connectivity index (χ3v) is 5.90. The number of carbonyl (C=O) groups excluding carboxylic acids is 1. The van der Waals surface area contributed by atoms with Gasteiger partial charge in [0.15, 0.2) is 0 Å². The highest BCUT2D eigenvalue weighted by Crippen LogP contribution is 2.23. The quantitative estimate of drug-likeness (QED) is 0.750. The Bertz CT molecular complexity index is 931. The van der Waals surface area contributed by atoms with Crippen molar-refractivity contribution in [1.29, 1.82) is 0 Å². The van der Waals surface area contributed by atoms with E-state index in [2.05, 4.69) is 21.0 Å². The second-order valence-corrected chi connectivity index (χ2v) is 8.23. The van der Waals surface area contributed by atoms with Gasteiger partial charge in [0.2, 0.25) is 15.9 Å². The minimum Gasteiger partial charge on any atom is -0.371 e. The van der Waals surface area contributed by atoms with E-state index in [9.17, 15) is 13.2 Å². The topological polar surface area (TPSA) is 78.5 Å². The van der Waals surface area contributed by atoms with Gasteiger partial charge in [-0.2, -0.15) is 0 Å². The molecule has 0 radical (unpaired) electrons. The molecule has 1 saturated heterocycles. The molecule has 1 aliphatic heterocycles. The zero-order chi connectivity index (χ0) is 19.3. The Morgan fingerprint density at radius 2 is 1.78 bits per heavy atom. The van der Waals surface area contributed by atoms with Crippen molar-refractivity contribution in [3.05, 3.63) is 60.2 Å². The molecule has 0 spiro atoms. The summed E-state index contributed by atoms with van der Waals surface area (Å²) < 4.78 is 25.7. The lowest BCUT2D eigenvalue weighted by Gasteiger charge is -2.18. The molecule has 142 valence electrons. The van der Waals surface area contributed by atoms with Gasteiger partial charge in [0, 0.05) is 30.5 Å². The number of sulfonamides is 1. The fraction of sp³-hybridized carbons (Fsp3) is 0.250. The van der Waals surface area contributed by atoms with Crippen LogP contribution in [-0.2, 0) is 14.8 Å². The van der Waals surface area contributed by atoms with Crippen molar-refractivity contribution in [1.82, 2.24) is 4.72 Å². The van der Waals surface area contributed by atoms with Crippen molar-refractivity contribution in [3.8, 4) is 0 Å². The average molecular weight is 385 g/mol. The van der Waals surface area contributed by atoms with E-state index in [1.54, 1.807) is 18.2 Å². The van der Waals surface area contributed by atoms with Crippen molar-refractivity contribution in [2.75, 3.05) is 30.4 Å². The normalized spacial score (nSPS) is 14.6. The second-order valence-electron chi connectivity index (χ2n) is 6.34. The molecule has 0 aliphatic carbocycles. The Morgan fingerprint density at radius 3 is 2.44 bits per heavy atom. The van der Waals surface area contributed by atoms with Crippen LogP contribution < -0.4 is 14.9 Å². The zero-order valence-electron chi connectivity index (χ0n) is 15.2. The molecule has 2 N–H and O–H groups in total. The fourth-order valence-corrected chi connectivity index (χ4v) is 3.72. The maximum atomic E-state index is 12.2. The van der Waals surface area contributed by atoms with Crippen LogP contribution in [0.15, 0.2) is 59.5 Å². The van der Waals surface area contributed by atoms with Gasteiger partial charge in [0.1, 0.15) is 0 Å². The first-order valence-electron chi connectivity index (χ1n) is 8.86. The highest BCUT2D eigenvalue weighted by Gasteiger charge is 2.12. The van der Waals surface area contributed by atoms with Gasteiger partial charge >= 0.3 is 0 Å². The molecular weight excluding hydrogens is 362 g/mol. The highest BCUT2D eigenvalue weighted by atomic mass is 32.2. The molecule has 0 unspecified atom stereocenters. The van der Waals surface area contributed by atoms with Crippen LogP contribution in [0.3, 0.4) is 0 Å². The number of amides is 1. The van der Waals surface area contributed by atoms with Crippen LogP contribution in [0.1, 0.15) is 18.4 Å². The van der Waals surface area contributed by atoms with E-state index in [1.165, 1.54) is 38.1 Å². The fourth-order valence-electron chi connectivity index (χ4n) is 2.99. The molecule has 1 amide bonds. The van der Waals surface area contributed by atoms with Crippen LogP contribution in [0.25, 0.3) is 6.08 Å². The van der Waals surface area contributed by atoms with Gasteiger partial charge in [0.05, 0.1) is 4.90 Å². The number of rotatable bonds is 6. The minimum atomic E-state index is -3.46. The van der Waals surface area contributed by atoms with Crippen molar-refractivity contribution < 1.29 is 13.2 Å². The Hall–Kier alpha value is -2.64. The lowest BCUT2D eigenvalue weighted by atomic mass is 10.2. The molecule has 2 aromatic rings. The van der Waals surface area contributed by atoms with Gasteiger partial charge in [0.25, 0.3) is 0 Å². The van der Waals surface area contributed by atoms with Crippen LogP contribution in [0.2, 0.25) is 0 Å². The smallest absolute Gasteiger partial charge is 0.248 e. The minimum absolute atomic E-state index is 0.185. The van der Waals surface area contributed by atoms with Crippen molar-refractivity contribution >= 4 is 33.4 Å². The maximum Gasteiger partial charge on any atom is 0.248 e. The molecule has 0 saturated carbocycles. The number of nitrogens with zero attached hydrogens (tertiary/aromatic N) is 1. The van der Waals surface area contributed by atoms with Gasteiger partial charge in [-0.05, 0) is 61.9 Å². The van der Waals surface area contributed by atoms with Crippen LogP contribution in [0.5, 0.6) is 0 Å². The van der Waals surface area contributed by atoms with Gasteiger partial charge in [-0.25, -0.2) is 13.1 Å². The van der Waals surface area contributed by atoms with Gasteiger partial charge in [-0.15, -0.1) is 0 Å². The molecule has 1 heterocycles. The second kappa shape index (κ2) is 8.37. The summed E-state index contributed by atoms with van der Waals surface area (Å²) in [4.78, 5) is 14.7. The molecule has 2 aromatic carbocycles. The number of nitrogens with one attached hydrogen (secondary N) is 2. The van der Waals surface area contributed by atoms with Crippen molar-refractivity contribution in [2.24, 2.45) is 0 Å². The molecule has 6 nitrogen and oxygen atoms in total. The Morgan fingerprint density at radius 1 is 1.07 bits per heavy atom. The van der Waals surface area contributed by atoms with E-state index in [0.29, 0.717) is 0 Å². The third kappa shape index (κ3) is 4.96. The van der Waals surface area contributed by atoms with Gasteiger partial charge < -0.3 is 10.2 Å². The Kier molecular flexibility index (Phi) is 5.93. The van der Waals surface area contributed by atoms with E-state index in [1.807, 2.05) is 18.2 Å². The summed E-state index contributed by atoms with van der Waals surface area (Å²) in [6, 6.07) is 14.2. The summed E-state index contributed by atoms with van der Waals surface area (Å²) in [7, 11) is -2.09. The summed E-state index contributed by atoms with van der Waals surface area (Å²) in [6.45, 7) is 2.10. The van der Waals surface area contributed by atoms with E-state index >= 15 is 0 Å². The average Bonchev–Trinajstić information content (AvgIpc) is 3.22. The third-order valence-electron chi connectivity index (χ3n) is 4.47. The molecule has 1 aliphatic rings. The summed E-state index contributed by atoms with van der Waals surface area (Å²) in [5, 5.41) is 2.86. The van der Waals surface area contributed by atoms with Crippen LogP contribution in [-0.4, -0.2) is 34.5 Å². The summed E-state index contributed by atoms with van der Waals surface area (Å²) in [6.07, 6.45) is 5.49. The zero-order valence-corrected chi connectivity index (χ0v) is 16.0. The molecule has 1 fully saturated rings. The number of hydrogen-bond donors (Lipinski definition) is 2. The number of carbonyl (C=O) groups is 1. The predicted molar refractivity (Wildman–Crippen MR) is 108 cm³/mol.